The molecule has 2 aliphatic heterocycles. The average Bonchev–Trinajstić information content (AvgIpc) is 1.71. The number of aliphatic hydroxyl groups is 1. The second-order valence-corrected chi connectivity index (χ2v) is 28.9. The van der Waals surface area contributed by atoms with Gasteiger partial charge in [0.05, 0.1) is 80.9 Å². The lowest BCUT2D eigenvalue weighted by molar-refractivity contribution is -0.148. The van der Waals surface area contributed by atoms with Crippen LogP contribution in [0, 0.1) is 23.7 Å². The van der Waals surface area contributed by atoms with E-state index < -0.39 is 113 Å². The normalized spacial score (nSPS) is 16.9. The molecule has 4 heterocycles. The molecule has 8 amide bonds. The summed E-state index contributed by atoms with van der Waals surface area (Å²) in [5.74, 6) is -4.94. The van der Waals surface area contributed by atoms with Gasteiger partial charge in [0.1, 0.15) is 30.1 Å². The van der Waals surface area contributed by atoms with Crippen molar-refractivity contribution in [2.45, 2.75) is 187 Å². The summed E-state index contributed by atoms with van der Waals surface area (Å²) in [5, 5.41) is 29.8. The predicted molar refractivity (Wildman–Crippen MR) is 394 cm³/mol. The van der Waals surface area contributed by atoms with Crippen LogP contribution in [0.25, 0.3) is 11.0 Å². The lowest BCUT2D eigenvalue weighted by Gasteiger charge is -2.41. The van der Waals surface area contributed by atoms with Gasteiger partial charge in [-0.1, -0.05) is 85.2 Å². The fourth-order valence-corrected chi connectivity index (χ4v) is 14.1. The fourth-order valence-electron chi connectivity index (χ4n) is 13.8. The number of likely N-dealkylation sites (N-methyl/N-ethyl adjacent to an activating group) is 2. The first-order valence-corrected chi connectivity index (χ1v) is 37.8. The molecule has 0 saturated carbocycles. The highest BCUT2D eigenvalue weighted by Crippen LogP contribution is 2.32. The average molecular weight is 1490 g/mol. The Morgan fingerprint density at radius 1 is 0.752 bits per heavy atom. The summed E-state index contributed by atoms with van der Waals surface area (Å²) in [6, 6.07) is 14.8. The number of nitrogens with one attached hydrogen (secondary N) is 6. The van der Waals surface area contributed by atoms with E-state index in [1.165, 1.54) is 32.2 Å². The van der Waals surface area contributed by atoms with E-state index in [1.54, 1.807) is 71.8 Å². The van der Waals surface area contributed by atoms with Crippen molar-refractivity contribution >= 4 is 74.6 Å². The number of methoxy groups -OCH3 is 2. The number of ether oxygens (including phenoxy) is 5. The van der Waals surface area contributed by atoms with Gasteiger partial charge in [0.15, 0.2) is 0 Å². The SMILES string of the molecule is CC[C@H](C)[C@@H]([C@@H](CC(=O)N1CCC[C@H]1[C@H](OC)[C@@H](C)C(=O)N[C@H](C)[C@@H](O)c1ccccc1)OC)N(C)C(=O)[C@@H](NC(=O)[C@H](C(C)C)N(C)C(=O)OCc1ccc(OS(=O)(=O)O)cc1NC(=O)CCNC(=O)CCOCCOCCNC1CCN(C(=O)CCn2c(CNC)cc3cccnc32)CC1)C(C)C. The minimum atomic E-state index is -5.01. The number of amides is 8. The molecule has 30 nitrogen and oxygen atoms in total. The number of rotatable bonds is 43. The monoisotopic (exact) mass is 1490 g/mol. The number of aliphatic hydroxyl groups excluding tert-OH is 1. The molecular weight excluding hydrogens is 1380 g/mol. The Morgan fingerprint density at radius 3 is 2.10 bits per heavy atom. The van der Waals surface area contributed by atoms with Crippen LogP contribution in [0.15, 0.2) is 72.9 Å². The van der Waals surface area contributed by atoms with Gasteiger partial charge in [-0.2, -0.15) is 8.42 Å². The topological polar surface area (TPSA) is 369 Å². The molecule has 0 spiro atoms. The van der Waals surface area contributed by atoms with Crippen molar-refractivity contribution in [1.29, 1.82) is 0 Å². The number of fused-ring (bicyclic) bond motifs is 1. The van der Waals surface area contributed by atoms with E-state index >= 15 is 0 Å². The summed E-state index contributed by atoms with van der Waals surface area (Å²) < 4.78 is 68.6. The number of anilines is 1. The van der Waals surface area contributed by atoms with Crippen molar-refractivity contribution in [2.24, 2.45) is 23.7 Å². The van der Waals surface area contributed by atoms with Crippen LogP contribution >= 0.6 is 0 Å². The second kappa shape index (κ2) is 42.5. The zero-order valence-corrected chi connectivity index (χ0v) is 64.1. The van der Waals surface area contributed by atoms with Gasteiger partial charge in [-0.05, 0) is 93.3 Å². The molecule has 31 heteroatoms. The highest BCUT2D eigenvalue weighted by Gasteiger charge is 2.44. The summed E-state index contributed by atoms with van der Waals surface area (Å²) in [6.07, 6.45) is 1.89. The number of hydrogen-bond acceptors (Lipinski definition) is 20. The molecule has 0 aliphatic carbocycles. The Balaban J connectivity index is 0.935. The molecule has 0 bridgehead atoms. The van der Waals surface area contributed by atoms with Crippen LogP contribution in [0.1, 0.15) is 136 Å². The Bertz CT molecular complexity index is 3580. The molecule has 8 N–H and O–H groups in total. The largest absolute Gasteiger partial charge is 0.446 e. The highest BCUT2D eigenvalue weighted by molar-refractivity contribution is 7.81. The quantitative estimate of drug-likeness (QED) is 0.0204. The maximum Gasteiger partial charge on any atom is 0.446 e. The summed E-state index contributed by atoms with van der Waals surface area (Å²) in [4.78, 5) is 122. The number of pyridine rings is 1. The first-order valence-electron chi connectivity index (χ1n) is 36.5. The van der Waals surface area contributed by atoms with Gasteiger partial charge in [-0.15, -0.1) is 0 Å². The number of aromatic nitrogens is 2. The summed E-state index contributed by atoms with van der Waals surface area (Å²) in [6.45, 7) is 18.5. The number of aryl methyl sites for hydroxylation is 1. The molecule has 6 rings (SSSR count). The Kier molecular flexibility index (Phi) is 34.8. The molecule has 2 saturated heterocycles. The van der Waals surface area contributed by atoms with Gasteiger partial charge in [0.2, 0.25) is 41.4 Å². The van der Waals surface area contributed by atoms with E-state index in [2.05, 4.69) is 51.7 Å². The van der Waals surface area contributed by atoms with Crippen LogP contribution in [-0.2, 0) is 87.3 Å². The van der Waals surface area contributed by atoms with Crippen LogP contribution in [0.2, 0.25) is 0 Å². The summed E-state index contributed by atoms with van der Waals surface area (Å²) >= 11 is 0. The van der Waals surface area contributed by atoms with Gasteiger partial charge < -0.3 is 84.1 Å². The molecule has 10 atom stereocenters. The highest BCUT2D eigenvalue weighted by atomic mass is 32.3. The van der Waals surface area contributed by atoms with Gasteiger partial charge in [0.25, 0.3) is 0 Å². The van der Waals surface area contributed by atoms with Crippen molar-refractivity contribution in [3.8, 4) is 5.75 Å². The summed E-state index contributed by atoms with van der Waals surface area (Å²) in [7, 11) is 2.83. The maximum absolute atomic E-state index is 14.9. The van der Waals surface area contributed by atoms with Gasteiger partial charge in [-0.3, -0.25) is 43.0 Å². The van der Waals surface area contributed by atoms with Crippen molar-refractivity contribution in [3.05, 3.63) is 89.7 Å². The lowest BCUT2D eigenvalue weighted by Crippen LogP contribution is -2.60. The molecule has 2 fully saturated rings. The van der Waals surface area contributed by atoms with Crippen molar-refractivity contribution in [1.82, 2.24) is 55.7 Å². The number of hydrogen-bond donors (Lipinski definition) is 8. The standard InChI is InChI=1S/C74H114N12O18S/c1-14-49(6)67(60(99-12)44-64(90)86-34-19-23-59(86)69(100-13)50(7)71(92)79-51(8)68(91)52-20-16-15-17-21-52)82(10)73(94)65(47(2)3)81-72(93)66(48(4)5)83(11)74(95)103-46-54-24-25-57(104-105(96,97)98)43-58(54)80-62(88)26-32-77-61(87)30-38-101-40-41-102-39-33-76-55-27-35-84(36-28-55)63(89)29-37-85-56(45-75-9)42-53-22-18-31-78-70(53)85/h15-18,20-22,24-25,31,42-43,47-51,55,59-60,65-69,75-76,91H,14,19,23,26-30,32-41,44-46H2,1-13H3,(H,77,87)(H,79,92)(H,80,88)(H,81,93)(H,96,97,98)/t49-,50+,51+,59-,60+,65-,66-,67-,68+,69+/m0/s1. The van der Waals surface area contributed by atoms with E-state index in [1.807, 2.05) is 56.1 Å². The fraction of sp³-hybridized carbons (Fsp3) is 0.635. The molecule has 0 radical (unpaired) electrons. The predicted octanol–water partition coefficient (Wildman–Crippen LogP) is 5.37. The number of nitrogens with zero attached hydrogens (tertiary/aromatic N) is 6. The Labute approximate surface area is 618 Å². The van der Waals surface area contributed by atoms with Crippen LogP contribution in [0.4, 0.5) is 10.5 Å². The van der Waals surface area contributed by atoms with Crippen molar-refractivity contribution in [3.63, 3.8) is 0 Å². The lowest BCUT2D eigenvalue weighted by atomic mass is 9.89. The molecule has 2 aromatic carbocycles. The minimum Gasteiger partial charge on any atom is -0.444 e. The number of carbonyl (C=O) groups is 8. The van der Waals surface area contributed by atoms with Crippen LogP contribution in [0.5, 0.6) is 5.75 Å². The van der Waals surface area contributed by atoms with Gasteiger partial charge in [-0.25, -0.2) is 9.78 Å². The number of piperidine rings is 1. The van der Waals surface area contributed by atoms with E-state index in [0.717, 1.165) is 46.6 Å². The third kappa shape index (κ3) is 25.7. The first kappa shape index (κ1) is 86.0. The second-order valence-electron chi connectivity index (χ2n) is 27.9. The third-order valence-corrected chi connectivity index (χ3v) is 20.1. The number of carbonyl (C=O) groups excluding carboxylic acids is 8. The van der Waals surface area contributed by atoms with Crippen LogP contribution in [-0.4, -0.2) is 238 Å². The Hall–Kier alpha value is -7.88. The number of likely N-dealkylation sites (tertiary alicyclic amines) is 2. The first-order chi connectivity index (χ1) is 50.0. The zero-order chi connectivity index (χ0) is 77.1. The minimum absolute atomic E-state index is 0.00127. The van der Waals surface area contributed by atoms with E-state index in [4.69, 9.17) is 23.7 Å². The van der Waals surface area contributed by atoms with Gasteiger partial charge >= 0.3 is 16.5 Å². The van der Waals surface area contributed by atoms with E-state index in [-0.39, 0.29) is 85.9 Å². The van der Waals surface area contributed by atoms with Crippen molar-refractivity contribution in [2.75, 3.05) is 99.8 Å². The molecule has 0 unspecified atom stereocenters. The Morgan fingerprint density at radius 2 is 1.46 bits per heavy atom. The maximum atomic E-state index is 14.9. The molecule has 2 aromatic heterocycles. The smallest absolute Gasteiger partial charge is 0.444 e. The number of benzene rings is 2. The summed E-state index contributed by atoms with van der Waals surface area (Å²) in [5.41, 5.74) is 2.71. The third-order valence-electron chi connectivity index (χ3n) is 19.7. The van der Waals surface area contributed by atoms with Crippen LogP contribution < -0.4 is 36.1 Å². The zero-order valence-electron chi connectivity index (χ0n) is 63.3. The van der Waals surface area contributed by atoms with Crippen LogP contribution in [0.3, 0.4) is 0 Å². The van der Waals surface area contributed by atoms with E-state index in [0.29, 0.717) is 83.7 Å². The van der Waals surface area contributed by atoms with Gasteiger partial charge in [0, 0.05) is 128 Å². The molecule has 105 heavy (non-hydrogen) atoms. The molecule has 2 aliphatic rings. The van der Waals surface area contributed by atoms with E-state index in [9.17, 15) is 56.4 Å². The molecule has 4 aromatic rings. The molecule has 584 valence electrons. The van der Waals surface area contributed by atoms with Crippen molar-refractivity contribution < 1.29 is 84.3 Å². The molecular formula is C74H114N12O18S.